The van der Waals surface area contributed by atoms with Crippen LogP contribution >= 0.6 is 0 Å². The van der Waals surface area contributed by atoms with Gasteiger partial charge in [0.15, 0.2) is 0 Å². The van der Waals surface area contributed by atoms with Gasteiger partial charge < -0.3 is 9.47 Å². The third-order valence-corrected chi connectivity index (χ3v) is 2.56. The molecule has 1 aromatic carbocycles. The first kappa shape index (κ1) is 13.6. The van der Waals surface area contributed by atoms with Gasteiger partial charge in [-0.15, -0.1) is 0 Å². The molecule has 0 aliphatic heterocycles. The lowest BCUT2D eigenvalue weighted by Gasteiger charge is -2.20. The van der Waals surface area contributed by atoms with E-state index in [9.17, 15) is 4.79 Å². The average molecular weight is 236 g/mol. The fraction of sp³-hybridized carbons (Fsp3) is 0.500. The predicted molar refractivity (Wildman–Crippen MR) is 67.7 cm³/mol. The molecule has 0 saturated heterocycles. The number of carbonyl (C=O) groups excluding carboxylic acids is 1. The van der Waals surface area contributed by atoms with Gasteiger partial charge in [0.25, 0.3) is 0 Å². The van der Waals surface area contributed by atoms with Crippen LogP contribution in [0.1, 0.15) is 43.6 Å². The molecule has 0 unspecified atom stereocenters. The van der Waals surface area contributed by atoms with Crippen molar-refractivity contribution in [3.63, 3.8) is 0 Å². The van der Waals surface area contributed by atoms with Crippen molar-refractivity contribution in [1.29, 1.82) is 0 Å². The van der Waals surface area contributed by atoms with Crippen molar-refractivity contribution in [3.8, 4) is 5.75 Å². The summed E-state index contributed by atoms with van der Waals surface area (Å²) in [5.74, 6) is 0.223. The monoisotopic (exact) mass is 236 g/mol. The molecule has 0 amide bonds. The van der Waals surface area contributed by atoms with Gasteiger partial charge in [0.2, 0.25) is 0 Å². The van der Waals surface area contributed by atoms with Crippen LogP contribution < -0.4 is 4.74 Å². The summed E-state index contributed by atoms with van der Waals surface area (Å²) in [5, 5.41) is 0. The van der Waals surface area contributed by atoms with Gasteiger partial charge in [0.05, 0.1) is 13.7 Å². The van der Waals surface area contributed by atoms with Gasteiger partial charge in [-0.2, -0.15) is 0 Å². The zero-order valence-electron chi connectivity index (χ0n) is 11.2. The van der Waals surface area contributed by atoms with Crippen LogP contribution in [0.2, 0.25) is 0 Å². The Balaban J connectivity index is 3.14. The Morgan fingerprint density at radius 3 is 2.41 bits per heavy atom. The van der Waals surface area contributed by atoms with Gasteiger partial charge in [0.1, 0.15) is 11.3 Å². The maximum Gasteiger partial charge on any atom is 0.341 e. The van der Waals surface area contributed by atoms with E-state index in [1.165, 1.54) is 0 Å². The molecule has 0 saturated carbocycles. The quantitative estimate of drug-likeness (QED) is 0.756. The summed E-state index contributed by atoms with van der Waals surface area (Å²) in [4.78, 5) is 11.7. The van der Waals surface area contributed by atoms with Gasteiger partial charge in [-0.3, -0.25) is 0 Å². The molecule has 17 heavy (non-hydrogen) atoms. The molecule has 0 atom stereocenters. The molecule has 3 nitrogen and oxygen atoms in total. The van der Waals surface area contributed by atoms with Gasteiger partial charge in [0, 0.05) is 0 Å². The van der Waals surface area contributed by atoms with E-state index >= 15 is 0 Å². The van der Waals surface area contributed by atoms with Crippen LogP contribution in [0, 0.1) is 0 Å². The molecule has 0 radical (unpaired) electrons. The molecule has 0 spiro atoms. The summed E-state index contributed by atoms with van der Waals surface area (Å²) in [7, 11) is 1.56. The van der Waals surface area contributed by atoms with Crippen LogP contribution in [-0.4, -0.2) is 19.7 Å². The van der Waals surface area contributed by atoms with E-state index in [-0.39, 0.29) is 11.4 Å². The van der Waals surface area contributed by atoms with Gasteiger partial charge in [-0.05, 0) is 30.0 Å². The van der Waals surface area contributed by atoms with E-state index in [2.05, 4.69) is 20.8 Å². The second-order valence-electron chi connectivity index (χ2n) is 4.89. The highest BCUT2D eigenvalue weighted by molar-refractivity contribution is 5.92. The number of benzene rings is 1. The fourth-order valence-electron chi connectivity index (χ4n) is 1.54. The Labute approximate surface area is 103 Å². The average Bonchev–Trinajstić information content (AvgIpc) is 2.27. The summed E-state index contributed by atoms with van der Waals surface area (Å²) >= 11 is 0. The summed E-state index contributed by atoms with van der Waals surface area (Å²) in [6, 6.07) is 5.60. The third-order valence-electron chi connectivity index (χ3n) is 2.56. The Hall–Kier alpha value is -1.51. The maximum atomic E-state index is 11.7. The lowest BCUT2D eigenvalue weighted by atomic mass is 9.86. The van der Waals surface area contributed by atoms with Crippen molar-refractivity contribution in [2.24, 2.45) is 0 Å². The highest BCUT2D eigenvalue weighted by Gasteiger charge is 2.19. The Bertz CT molecular complexity index is 402. The molecule has 94 valence electrons. The van der Waals surface area contributed by atoms with Crippen LogP contribution in [0.3, 0.4) is 0 Å². The van der Waals surface area contributed by atoms with E-state index in [4.69, 9.17) is 9.47 Å². The topological polar surface area (TPSA) is 35.5 Å². The first-order valence-corrected chi connectivity index (χ1v) is 5.75. The van der Waals surface area contributed by atoms with Crippen LogP contribution in [0.25, 0.3) is 0 Å². The number of esters is 1. The van der Waals surface area contributed by atoms with Gasteiger partial charge in [-0.25, -0.2) is 4.79 Å². The third kappa shape index (κ3) is 3.22. The fourth-order valence-corrected chi connectivity index (χ4v) is 1.54. The molecule has 0 fully saturated rings. The largest absolute Gasteiger partial charge is 0.496 e. The van der Waals surface area contributed by atoms with Crippen molar-refractivity contribution >= 4 is 5.97 Å². The smallest absolute Gasteiger partial charge is 0.341 e. The number of ether oxygens (including phenoxy) is 2. The van der Waals surface area contributed by atoms with E-state index in [0.717, 1.165) is 5.56 Å². The van der Waals surface area contributed by atoms with E-state index in [1.807, 2.05) is 12.1 Å². The zero-order valence-corrected chi connectivity index (χ0v) is 11.2. The Morgan fingerprint density at radius 1 is 1.29 bits per heavy atom. The van der Waals surface area contributed by atoms with Gasteiger partial charge in [-0.1, -0.05) is 26.8 Å². The molecular weight excluding hydrogens is 216 g/mol. The van der Waals surface area contributed by atoms with Crippen LogP contribution in [-0.2, 0) is 10.2 Å². The van der Waals surface area contributed by atoms with Crippen LogP contribution in [0.5, 0.6) is 5.75 Å². The molecule has 1 aromatic rings. The first-order valence-electron chi connectivity index (χ1n) is 5.75. The molecule has 0 N–H and O–H groups in total. The summed E-state index contributed by atoms with van der Waals surface area (Å²) in [6.07, 6.45) is 0. The van der Waals surface area contributed by atoms with Gasteiger partial charge >= 0.3 is 5.97 Å². The van der Waals surface area contributed by atoms with E-state index in [1.54, 1.807) is 20.1 Å². The molecule has 0 aliphatic carbocycles. The molecular formula is C14H20O3. The molecule has 3 heteroatoms. The standard InChI is InChI=1S/C14H20O3/c1-6-17-13(15)11-8-7-10(14(2,3)4)9-12(11)16-5/h7-9H,6H2,1-5H3. The normalized spacial score (nSPS) is 11.1. The minimum absolute atomic E-state index is 0.0282. The lowest BCUT2D eigenvalue weighted by molar-refractivity contribution is 0.0522. The zero-order chi connectivity index (χ0) is 13.1. The molecule has 0 heterocycles. The molecule has 0 aliphatic rings. The highest BCUT2D eigenvalue weighted by Crippen LogP contribution is 2.28. The Morgan fingerprint density at radius 2 is 1.94 bits per heavy atom. The summed E-state index contributed by atoms with van der Waals surface area (Å²) in [6.45, 7) is 8.50. The number of hydrogen-bond donors (Lipinski definition) is 0. The Kier molecular flexibility index (Phi) is 4.16. The summed E-state index contributed by atoms with van der Waals surface area (Å²) < 4.78 is 10.2. The molecule has 1 rings (SSSR count). The first-order chi connectivity index (χ1) is 7.90. The van der Waals surface area contributed by atoms with E-state index < -0.39 is 0 Å². The SMILES string of the molecule is CCOC(=O)c1ccc(C(C)(C)C)cc1OC. The van der Waals surface area contributed by atoms with Crippen molar-refractivity contribution < 1.29 is 14.3 Å². The lowest BCUT2D eigenvalue weighted by Crippen LogP contribution is -2.13. The molecule has 0 aromatic heterocycles. The van der Waals surface area contributed by atoms with Crippen molar-refractivity contribution in [2.75, 3.05) is 13.7 Å². The van der Waals surface area contributed by atoms with Crippen molar-refractivity contribution in [3.05, 3.63) is 29.3 Å². The number of rotatable bonds is 3. The number of carbonyl (C=O) groups is 1. The highest BCUT2D eigenvalue weighted by atomic mass is 16.5. The summed E-state index contributed by atoms with van der Waals surface area (Å²) in [5.41, 5.74) is 1.63. The minimum atomic E-state index is -0.343. The number of methoxy groups -OCH3 is 1. The predicted octanol–water partition coefficient (Wildman–Crippen LogP) is 3.17. The van der Waals surface area contributed by atoms with Crippen LogP contribution in [0.15, 0.2) is 18.2 Å². The maximum absolute atomic E-state index is 11.7. The van der Waals surface area contributed by atoms with Crippen molar-refractivity contribution in [1.82, 2.24) is 0 Å². The minimum Gasteiger partial charge on any atom is -0.496 e. The number of hydrogen-bond acceptors (Lipinski definition) is 3. The van der Waals surface area contributed by atoms with Crippen LogP contribution in [0.4, 0.5) is 0 Å². The second kappa shape index (κ2) is 5.21. The second-order valence-corrected chi connectivity index (χ2v) is 4.89. The van der Waals surface area contributed by atoms with Crippen molar-refractivity contribution in [2.45, 2.75) is 33.1 Å². The molecule has 0 bridgehead atoms. The van der Waals surface area contributed by atoms with E-state index in [0.29, 0.717) is 17.9 Å².